The van der Waals surface area contributed by atoms with E-state index in [-0.39, 0.29) is 0 Å². The number of nitrogens with zero attached hydrogens (tertiary/aromatic N) is 6. The number of aromatic nitrogens is 4. The van der Waals surface area contributed by atoms with Gasteiger partial charge < -0.3 is 13.6 Å². The molecule has 9 aromatic carbocycles. The third-order valence-electron chi connectivity index (χ3n) is 12.5. The molecule has 13 aromatic rings. The summed E-state index contributed by atoms with van der Waals surface area (Å²) < 4.78 is 11.1. The van der Waals surface area contributed by atoms with Gasteiger partial charge in [0.25, 0.3) is 0 Å². The molecule has 0 saturated carbocycles. The summed E-state index contributed by atoms with van der Waals surface area (Å²) in [6, 6.07) is 56.2. The first kappa shape index (κ1) is 33.2. The summed E-state index contributed by atoms with van der Waals surface area (Å²) in [5.41, 5.74) is 11.3. The van der Waals surface area contributed by atoms with Crippen LogP contribution >= 0.6 is 0 Å². The molecule has 7 heteroatoms. The van der Waals surface area contributed by atoms with E-state index in [4.69, 9.17) is 9.40 Å². The Morgan fingerprint density at radius 3 is 1.92 bits per heavy atom. The second-order valence-electron chi connectivity index (χ2n) is 15.4. The van der Waals surface area contributed by atoms with Crippen molar-refractivity contribution < 1.29 is 4.42 Å². The maximum absolute atomic E-state index is 11.8. The largest absolute Gasteiger partial charge is 0.456 e. The Morgan fingerprint density at radius 2 is 1.16 bits per heavy atom. The first-order valence-corrected chi connectivity index (χ1v) is 20.1. The number of nitriles is 1. The number of hydrogen-bond acceptors (Lipinski definition) is 4. The van der Waals surface area contributed by atoms with Crippen molar-refractivity contribution in [1.82, 2.24) is 19.1 Å². The maximum atomic E-state index is 11.8. The van der Waals surface area contributed by atoms with Crippen LogP contribution in [0, 0.1) is 17.9 Å². The van der Waals surface area contributed by atoms with Crippen molar-refractivity contribution in [2.24, 2.45) is 0 Å². The first-order chi connectivity index (χ1) is 30.2. The predicted molar refractivity (Wildman–Crippen MR) is 246 cm³/mol. The lowest BCUT2D eigenvalue weighted by molar-refractivity contribution is 0.669. The lowest BCUT2D eigenvalue weighted by atomic mass is 9.88. The first-order valence-electron chi connectivity index (χ1n) is 20.1. The molecule has 0 aliphatic carbocycles. The van der Waals surface area contributed by atoms with Crippen molar-refractivity contribution in [3.8, 4) is 39.7 Å². The van der Waals surface area contributed by atoms with E-state index in [1.165, 1.54) is 0 Å². The number of para-hydroxylation sites is 2. The van der Waals surface area contributed by atoms with Gasteiger partial charge in [-0.2, -0.15) is 5.26 Å². The van der Waals surface area contributed by atoms with Crippen LogP contribution in [0.25, 0.3) is 126 Å². The SMILES string of the molecule is [C-]#[N+]c1c(-c2ccccc2)c(C#N)c(-n2c3ccccc3c3ccc4oc5ccccc5c4c32)c(-c2ccccc2)c1-n1c2cccc3c4cncnc4c4cccc1c4c32. The van der Waals surface area contributed by atoms with Crippen LogP contribution in [0.1, 0.15) is 5.56 Å². The van der Waals surface area contributed by atoms with Gasteiger partial charge in [-0.15, -0.1) is 0 Å². The molecule has 0 amide bonds. The fraction of sp³-hybridized carbons (Fsp3) is 0. The zero-order valence-corrected chi connectivity index (χ0v) is 32.3. The highest BCUT2D eigenvalue weighted by molar-refractivity contribution is 6.34. The Labute approximate surface area is 347 Å². The molecular weight excluding hydrogens is 749 g/mol. The smallest absolute Gasteiger partial charge is 0.220 e. The standard InChI is InChI=1S/C54H28N6O/c1-56-51-45(31-14-4-2-5-15-31)38(28-55)53(60-40-22-10-8-18-33(40)35-26-27-44-49(52(35)60)36-19-9-11-25-43(36)61-44)46(32-16-6-3-7-17-32)54(51)59-41-23-12-20-34-39-29-57-30-58-50(39)37-21-13-24-42(59)48(37)47(34)41/h2-27,29-30H. The minimum atomic E-state index is 0.385. The number of furan rings is 1. The van der Waals surface area contributed by atoms with Gasteiger partial charge in [-0.25, -0.2) is 14.8 Å². The fourth-order valence-corrected chi connectivity index (χ4v) is 10.1. The number of fused-ring (bicyclic) bond motifs is 10. The average molecular weight is 777 g/mol. The van der Waals surface area contributed by atoms with Crippen molar-refractivity contribution in [1.29, 1.82) is 5.26 Å². The van der Waals surface area contributed by atoms with Crippen LogP contribution < -0.4 is 0 Å². The van der Waals surface area contributed by atoms with Crippen LogP contribution in [0.5, 0.6) is 0 Å². The molecule has 4 aromatic heterocycles. The zero-order valence-electron chi connectivity index (χ0n) is 32.3. The molecule has 0 spiro atoms. The third kappa shape index (κ3) is 4.33. The third-order valence-corrected chi connectivity index (χ3v) is 12.5. The minimum absolute atomic E-state index is 0.385. The van der Waals surface area contributed by atoms with E-state index in [2.05, 4.69) is 116 Å². The van der Waals surface area contributed by atoms with Crippen LogP contribution in [-0.4, -0.2) is 19.1 Å². The van der Waals surface area contributed by atoms with Crippen LogP contribution in [0.3, 0.4) is 0 Å². The van der Waals surface area contributed by atoms with E-state index in [0.717, 1.165) is 104 Å². The molecule has 0 radical (unpaired) electrons. The highest BCUT2D eigenvalue weighted by Crippen LogP contribution is 2.54. The average Bonchev–Trinajstić information content (AvgIpc) is 3.99. The maximum Gasteiger partial charge on any atom is 0.220 e. The van der Waals surface area contributed by atoms with Crippen molar-refractivity contribution >= 4 is 92.9 Å². The summed E-state index contributed by atoms with van der Waals surface area (Å²) in [5, 5.41) is 20.9. The van der Waals surface area contributed by atoms with Crippen molar-refractivity contribution in [3.63, 3.8) is 0 Å². The summed E-state index contributed by atoms with van der Waals surface area (Å²) >= 11 is 0. The van der Waals surface area contributed by atoms with Crippen LogP contribution in [0.4, 0.5) is 5.69 Å². The van der Waals surface area contributed by atoms with Gasteiger partial charge >= 0.3 is 0 Å². The molecule has 0 unspecified atom stereocenters. The summed E-state index contributed by atoms with van der Waals surface area (Å²) in [7, 11) is 0. The lowest BCUT2D eigenvalue weighted by Gasteiger charge is -2.26. The Bertz CT molecular complexity index is 3980. The minimum Gasteiger partial charge on any atom is -0.456 e. The Balaban J connectivity index is 1.35. The number of hydrogen-bond donors (Lipinski definition) is 0. The van der Waals surface area contributed by atoms with Crippen LogP contribution in [0.15, 0.2) is 175 Å². The highest BCUT2D eigenvalue weighted by atomic mass is 16.3. The lowest BCUT2D eigenvalue weighted by Crippen LogP contribution is -2.08. The molecule has 0 N–H and O–H groups in total. The predicted octanol–water partition coefficient (Wildman–Crippen LogP) is 14.1. The molecule has 7 nitrogen and oxygen atoms in total. The second-order valence-corrected chi connectivity index (χ2v) is 15.4. The van der Waals surface area contributed by atoms with Gasteiger partial charge in [-0.3, -0.25) is 0 Å². The molecular formula is C54H28N6O. The van der Waals surface area contributed by atoms with Gasteiger partial charge in [-0.05, 0) is 52.9 Å². The van der Waals surface area contributed by atoms with Gasteiger partial charge in [0, 0.05) is 55.0 Å². The summed E-state index contributed by atoms with van der Waals surface area (Å²) in [5.74, 6) is 0. The second kappa shape index (κ2) is 12.4. The molecule has 61 heavy (non-hydrogen) atoms. The van der Waals surface area contributed by atoms with E-state index in [0.29, 0.717) is 28.2 Å². The normalized spacial score (nSPS) is 11.9. The van der Waals surface area contributed by atoms with Gasteiger partial charge in [0.15, 0.2) is 0 Å². The van der Waals surface area contributed by atoms with Crippen LogP contribution in [-0.2, 0) is 0 Å². The van der Waals surface area contributed by atoms with Gasteiger partial charge in [0.1, 0.15) is 23.6 Å². The Kier molecular flexibility index (Phi) is 6.73. The molecule has 13 rings (SSSR count). The fourth-order valence-electron chi connectivity index (χ4n) is 10.1. The quantitative estimate of drug-likeness (QED) is 0.132. The van der Waals surface area contributed by atoms with Gasteiger partial charge in [-0.1, -0.05) is 121 Å². The molecule has 0 fully saturated rings. The summed E-state index contributed by atoms with van der Waals surface area (Å²) in [6.07, 6.45) is 3.50. The molecule has 0 aliphatic rings. The Hall–Kier alpha value is -8.78. The Morgan fingerprint density at radius 1 is 0.525 bits per heavy atom. The van der Waals surface area contributed by atoms with Gasteiger partial charge in [0.05, 0.1) is 56.5 Å². The number of rotatable bonds is 4. The van der Waals surface area contributed by atoms with E-state index >= 15 is 0 Å². The molecule has 0 saturated heterocycles. The van der Waals surface area contributed by atoms with E-state index in [1.54, 1.807) is 6.33 Å². The van der Waals surface area contributed by atoms with E-state index < -0.39 is 0 Å². The van der Waals surface area contributed by atoms with E-state index in [1.807, 2.05) is 72.9 Å². The van der Waals surface area contributed by atoms with Crippen molar-refractivity contribution in [2.45, 2.75) is 0 Å². The van der Waals surface area contributed by atoms with Crippen LogP contribution in [0.2, 0.25) is 0 Å². The molecule has 0 bridgehead atoms. The highest BCUT2D eigenvalue weighted by Gasteiger charge is 2.33. The molecule has 280 valence electrons. The molecule has 0 atom stereocenters. The summed E-state index contributed by atoms with van der Waals surface area (Å²) in [6.45, 7) is 9.18. The molecule has 4 heterocycles. The van der Waals surface area contributed by atoms with Crippen molar-refractivity contribution in [2.75, 3.05) is 0 Å². The van der Waals surface area contributed by atoms with E-state index in [9.17, 15) is 11.8 Å². The molecule has 0 aliphatic heterocycles. The topological polar surface area (TPSA) is 76.9 Å². The monoisotopic (exact) mass is 776 g/mol. The van der Waals surface area contributed by atoms with Crippen molar-refractivity contribution in [3.05, 3.63) is 187 Å². The summed E-state index contributed by atoms with van der Waals surface area (Å²) in [4.78, 5) is 13.8. The van der Waals surface area contributed by atoms with Gasteiger partial charge in [0.2, 0.25) is 5.69 Å². The number of benzene rings is 9. The zero-order chi connectivity index (χ0) is 40.3.